The number of amides is 2. The zero-order valence-electron chi connectivity index (χ0n) is 18.1. The van der Waals surface area contributed by atoms with Crippen LogP contribution in [0.15, 0.2) is 47.5 Å². The molecule has 6 nitrogen and oxygen atoms in total. The number of hydrogen-bond acceptors (Lipinski definition) is 5. The lowest BCUT2D eigenvalue weighted by Gasteiger charge is -2.20. The number of halogens is 1. The number of thioether (sulfide) groups is 1. The first-order valence-electron chi connectivity index (χ1n) is 10.7. The summed E-state index contributed by atoms with van der Waals surface area (Å²) < 4.78 is 5.75. The highest BCUT2D eigenvalue weighted by Crippen LogP contribution is 2.33. The molecule has 32 heavy (non-hydrogen) atoms. The molecule has 4 rings (SSSR count). The highest BCUT2D eigenvalue weighted by molar-refractivity contribution is 8.15. The van der Waals surface area contributed by atoms with E-state index in [4.69, 9.17) is 21.3 Å². The van der Waals surface area contributed by atoms with Gasteiger partial charge in [-0.2, -0.15) is 0 Å². The van der Waals surface area contributed by atoms with Crippen LogP contribution in [0.3, 0.4) is 0 Å². The lowest BCUT2D eigenvalue weighted by atomic mass is 10.2. The number of amidine groups is 1. The molecule has 2 heterocycles. The molecule has 0 aliphatic carbocycles. The second-order valence-corrected chi connectivity index (χ2v) is 9.66. The number of carbonyl (C=O) groups is 2. The van der Waals surface area contributed by atoms with Gasteiger partial charge >= 0.3 is 0 Å². The van der Waals surface area contributed by atoms with Gasteiger partial charge in [-0.05, 0) is 56.5 Å². The number of benzene rings is 2. The van der Waals surface area contributed by atoms with Gasteiger partial charge in [0.1, 0.15) is 5.25 Å². The van der Waals surface area contributed by atoms with Crippen LogP contribution >= 0.6 is 23.4 Å². The molecule has 0 unspecified atom stereocenters. The third-order valence-electron chi connectivity index (χ3n) is 5.60. The van der Waals surface area contributed by atoms with Crippen molar-refractivity contribution in [2.75, 3.05) is 18.5 Å². The summed E-state index contributed by atoms with van der Waals surface area (Å²) >= 11 is 7.49. The normalized spacial score (nSPS) is 22.0. The number of nitrogens with zero attached hydrogens (tertiary/aromatic N) is 2. The Bertz CT molecular complexity index is 1040. The lowest BCUT2D eigenvalue weighted by Crippen LogP contribution is -2.38. The highest BCUT2D eigenvalue weighted by Gasteiger charge is 2.40. The van der Waals surface area contributed by atoms with Crippen molar-refractivity contribution in [3.05, 3.63) is 58.6 Å². The molecular weight excluding hydrogens is 446 g/mol. The minimum Gasteiger partial charge on any atom is -0.376 e. The van der Waals surface area contributed by atoms with E-state index in [0.717, 1.165) is 36.3 Å². The van der Waals surface area contributed by atoms with Crippen molar-refractivity contribution in [1.82, 2.24) is 4.90 Å². The Morgan fingerprint density at radius 2 is 2.03 bits per heavy atom. The van der Waals surface area contributed by atoms with Gasteiger partial charge in [-0.1, -0.05) is 47.1 Å². The second-order valence-electron chi connectivity index (χ2n) is 8.08. The van der Waals surface area contributed by atoms with Crippen molar-refractivity contribution in [2.45, 2.75) is 44.5 Å². The van der Waals surface area contributed by atoms with Gasteiger partial charge in [-0.15, -0.1) is 0 Å². The van der Waals surface area contributed by atoms with Crippen molar-refractivity contribution in [2.24, 2.45) is 4.99 Å². The van der Waals surface area contributed by atoms with Gasteiger partial charge in [0.2, 0.25) is 11.8 Å². The molecule has 1 N–H and O–H groups in total. The van der Waals surface area contributed by atoms with Gasteiger partial charge in [0.15, 0.2) is 5.17 Å². The zero-order chi connectivity index (χ0) is 22.7. The Labute approximate surface area is 197 Å². The van der Waals surface area contributed by atoms with Crippen LogP contribution in [0.5, 0.6) is 0 Å². The molecule has 2 saturated heterocycles. The third-order valence-corrected chi connectivity index (χ3v) is 7.19. The van der Waals surface area contributed by atoms with Crippen LogP contribution in [0, 0.1) is 13.8 Å². The van der Waals surface area contributed by atoms with Crippen molar-refractivity contribution in [1.29, 1.82) is 0 Å². The molecule has 0 saturated carbocycles. The van der Waals surface area contributed by atoms with E-state index in [1.54, 1.807) is 23.1 Å². The summed E-state index contributed by atoms with van der Waals surface area (Å²) in [5, 5.41) is 3.56. The number of aryl methyl sites for hydroxylation is 1. The number of carbonyl (C=O) groups excluding carboxylic acids is 2. The minimum absolute atomic E-state index is 0.00412. The third kappa shape index (κ3) is 5.34. The van der Waals surface area contributed by atoms with E-state index < -0.39 is 5.25 Å². The first-order chi connectivity index (χ1) is 15.4. The number of rotatable bonds is 6. The summed E-state index contributed by atoms with van der Waals surface area (Å²) in [7, 11) is 0. The molecule has 2 aromatic carbocycles. The fraction of sp³-hybridized carbons (Fsp3) is 0.375. The highest BCUT2D eigenvalue weighted by atomic mass is 35.5. The van der Waals surface area contributed by atoms with Crippen LogP contribution in [0.25, 0.3) is 0 Å². The van der Waals surface area contributed by atoms with Crippen LogP contribution in [0.2, 0.25) is 5.02 Å². The van der Waals surface area contributed by atoms with Crippen molar-refractivity contribution in [3.8, 4) is 0 Å². The quantitative estimate of drug-likeness (QED) is 0.636. The number of hydrogen-bond donors (Lipinski definition) is 1. The standard InChI is InChI=1S/C24H26ClN3O3S/c1-15-8-10-17(11-9-15)26-24-28(14-18-5-4-12-31-18)23(30)21(32-24)13-22(29)27-20-7-3-6-19(25)16(20)2/h3,6-11,18,21H,4-5,12-14H2,1-2H3,(H,27,29)/t18-,21+/m0/s1. The van der Waals surface area contributed by atoms with Crippen LogP contribution < -0.4 is 5.32 Å². The predicted molar refractivity (Wildman–Crippen MR) is 130 cm³/mol. The topological polar surface area (TPSA) is 71.0 Å². The van der Waals surface area contributed by atoms with Crippen molar-refractivity contribution in [3.63, 3.8) is 0 Å². The molecule has 0 radical (unpaired) electrons. The summed E-state index contributed by atoms with van der Waals surface area (Å²) in [4.78, 5) is 32.4. The molecule has 2 fully saturated rings. The van der Waals surface area contributed by atoms with E-state index in [-0.39, 0.29) is 24.3 Å². The molecule has 2 aliphatic rings. The maximum absolute atomic E-state index is 13.2. The number of ether oxygens (including phenoxy) is 1. The fourth-order valence-corrected chi connectivity index (χ4v) is 5.07. The molecule has 2 atom stereocenters. The molecule has 8 heteroatoms. The van der Waals surface area contributed by atoms with E-state index >= 15 is 0 Å². The van der Waals surface area contributed by atoms with Gasteiger partial charge in [-0.3, -0.25) is 14.5 Å². The summed E-state index contributed by atoms with van der Waals surface area (Å²) in [6.45, 7) is 5.05. The summed E-state index contributed by atoms with van der Waals surface area (Å²) in [6.07, 6.45) is 1.98. The molecule has 0 aromatic heterocycles. The first kappa shape index (κ1) is 22.8. The van der Waals surface area contributed by atoms with E-state index in [1.165, 1.54) is 11.8 Å². The van der Waals surface area contributed by atoms with Gasteiger partial charge in [0, 0.05) is 23.7 Å². The van der Waals surface area contributed by atoms with Gasteiger partial charge < -0.3 is 10.1 Å². The molecule has 2 amide bonds. The Balaban J connectivity index is 1.50. The Hall–Kier alpha value is -2.35. The summed E-state index contributed by atoms with van der Waals surface area (Å²) in [5.41, 5.74) is 3.38. The van der Waals surface area contributed by atoms with E-state index in [2.05, 4.69) is 5.32 Å². The van der Waals surface area contributed by atoms with Crippen LogP contribution in [-0.2, 0) is 14.3 Å². The molecule has 0 spiro atoms. The zero-order valence-corrected chi connectivity index (χ0v) is 19.7. The molecule has 168 valence electrons. The van der Waals surface area contributed by atoms with Crippen LogP contribution in [0.4, 0.5) is 11.4 Å². The number of aliphatic imine (C=N–C) groups is 1. The Morgan fingerprint density at radius 1 is 1.25 bits per heavy atom. The van der Waals surface area contributed by atoms with Crippen LogP contribution in [-0.4, -0.2) is 46.4 Å². The number of anilines is 1. The minimum atomic E-state index is -0.528. The average Bonchev–Trinajstić information content (AvgIpc) is 3.37. The fourth-order valence-electron chi connectivity index (χ4n) is 3.73. The van der Waals surface area contributed by atoms with Gasteiger partial charge in [0.25, 0.3) is 0 Å². The molecular formula is C24H26ClN3O3S. The smallest absolute Gasteiger partial charge is 0.242 e. The van der Waals surface area contributed by atoms with Crippen molar-refractivity contribution >= 4 is 51.7 Å². The SMILES string of the molecule is Cc1ccc(N=C2S[C@H](CC(=O)Nc3cccc(Cl)c3C)C(=O)N2C[C@@H]2CCCO2)cc1. The monoisotopic (exact) mass is 471 g/mol. The maximum Gasteiger partial charge on any atom is 0.242 e. The first-order valence-corrected chi connectivity index (χ1v) is 12.0. The van der Waals surface area contributed by atoms with Crippen LogP contribution in [0.1, 0.15) is 30.4 Å². The predicted octanol–water partition coefficient (Wildman–Crippen LogP) is 5.10. The average molecular weight is 472 g/mol. The van der Waals surface area contributed by atoms with E-state index in [1.807, 2.05) is 38.1 Å². The van der Waals surface area contributed by atoms with E-state index in [9.17, 15) is 9.59 Å². The molecule has 2 aromatic rings. The van der Waals surface area contributed by atoms with E-state index in [0.29, 0.717) is 22.4 Å². The number of nitrogens with one attached hydrogen (secondary N) is 1. The Morgan fingerprint density at radius 3 is 2.75 bits per heavy atom. The maximum atomic E-state index is 13.2. The van der Waals surface area contributed by atoms with Crippen molar-refractivity contribution < 1.29 is 14.3 Å². The second kappa shape index (κ2) is 10.1. The molecule has 2 aliphatic heterocycles. The molecule has 0 bridgehead atoms. The van der Waals surface area contributed by atoms with Gasteiger partial charge in [-0.25, -0.2) is 4.99 Å². The largest absolute Gasteiger partial charge is 0.376 e. The Kier molecular flexibility index (Phi) is 7.18. The lowest BCUT2D eigenvalue weighted by molar-refractivity contribution is -0.129. The summed E-state index contributed by atoms with van der Waals surface area (Å²) in [6, 6.07) is 13.2. The van der Waals surface area contributed by atoms with Gasteiger partial charge in [0.05, 0.1) is 18.3 Å². The summed E-state index contributed by atoms with van der Waals surface area (Å²) in [5.74, 6) is -0.329.